The average Bonchev–Trinajstić information content (AvgIpc) is 3.01. The van der Waals surface area contributed by atoms with Gasteiger partial charge in [0.05, 0.1) is 5.41 Å². The molecule has 0 unspecified atom stereocenters. The van der Waals surface area contributed by atoms with Gasteiger partial charge in [-0.1, -0.05) is 56.1 Å². The standard InChI is InChI=1S/C25H16Br2O4/c26-15-3-5-17-18-6-4-16(27)12-20(18)25(19(17)11-15,13-1-7-21(28)23(30)9-13)14-2-8-22(29)24(31)10-14/h1-12,28-31H. The van der Waals surface area contributed by atoms with Crippen LogP contribution >= 0.6 is 31.9 Å². The summed E-state index contributed by atoms with van der Waals surface area (Å²) in [6.07, 6.45) is 0. The van der Waals surface area contributed by atoms with Gasteiger partial charge < -0.3 is 20.4 Å². The Balaban J connectivity index is 2.00. The van der Waals surface area contributed by atoms with Crippen LogP contribution in [0.2, 0.25) is 0 Å². The van der Waals surface area contributed by atoms with Gasteiger partial charge in [-0.15, -0.1) is 0 Å². The molecule has 0 heterocycles. The molecule has 0 amide bonds. The van der Waals surface area contributed by atoms with Crippen molar-refractivity contribution >= 4 is 31.9 Å². The first kappa shape index (κ1) is 20.0. The lowest BCUT2D eigenvalue weighted by atomic mass is 9.67. The number of phenols is 4. The second-order valence-corrected chi connectivity index (χ2v) is 9.37. The van der Waals surface area contributed by atoms with Crippen LogP contribution in [0, 0.1) is 0 Å². The summed E-state index contributed by atoms with van der Waals surface area (Å²) in [5.74, 6) is -0.900. The van der Waals surface area contributed by atoms with Gasteiger partial charge in [0.25, 0.3) is 0 Å². The molecule has 5 rings (SSSR count). The summed E-state index contributed by atoms with van der Waals surface area (Å²) >= 11 is 7.17. The average molecular weight is 540 g/mol. The molecule has 1 aliphatic rings. The zero-order chi connectivity index (χ0) is 21.9. The van der Waals surface area contributed by atoms with E-state index in [1.54, 1.807) is 24.3 Å². The number of benzene rings is 4. The number of hydrogen-bond donors (Lipinski definition) is 4. The van der Waals surface area contributed by atoms with Crippen molar-refractivity contribution in [1.29, 1.82) is 0 Å². The molecule has 0 saturated heterocycles. The summed E-state index contributed by atoms with van der Waals surface area (Å²) in [7, 11) is 0. The Kier molecular flexibility index (Phi) is 4.53. The quantitative estimate of drug-likeness (QED) is 0.196. The molecule has 0 aliphatic heterocycles. The fourth-order valence-corrected chi connectivity index (χ4v) is 5.29. The first-order valence-electron chi connectivity index (χ1n) is 9.47. The van der Waals surface area contributed by atoms with E-state index in [9.17, 15) is 20.4 Å². The van der Waals surface area contributed by atoms with Gasteiger partial charge in [-0.3, -0.25) is 0 Å². The predicted molar refractivity (Wildman–Crippen MR) is 126 cm³/mol. The molecule has 4 aromatic carbocycles. The highest BCUT2D eigenvalue weighted by Gasteiger charge is 2.47. The Bertz CT molecular complexity index is 1260. The molecule has 154 valence electrons. The minimum atomic E-state index is -0.908. The van der Waals surface area contributed by atoms with Crippen molar-refractivity contribution in [3.05, 3.63) is 104 Å². The van der Waals surface area contributed by atoms with Gasteiger partial charge in [0.2, 0.25) is 0 Å². The molecule has 0 radical (unpaired) electrons. The topological polar surface area (TPSA) is 80.9 Å². The van der Waals surface area contributed by atoms with Crippen LogP contribution in [0.4, 0.5) is 0 Å². The Hall–Kier alpha value is -2.96. The molecule has 0 fully saturated rings. The van der Waals surface area contributed by atoms with Crippen LogP contribution in [-0.2, 0) is 5.41 Å². The van der Waals surface area contributed by atoms with Crippen LogP contribution in [0.1, 0.15) is 22.3 Å². The van der Waals surface area contributed by atoms with Crippen LogP contribution in [0.3, 0.4) is 0 Å². The number of phenolic OH excluding ortho intramolecular Hbond substituents is 4. The summed E-state index contributed by atoms with van der Waals surface area (Å²) in [4.78, 5) is 0. The van der Waals surface area contributed by atoms with Gasteiger partial charge in [0.15, 0.2) is 23.0 Å². The second kappa shape index (κ2) is 7.04. The Morgan fingerprint density at radius 3 is 1.29 bits per heavy atom. The van der Waals surface area contributed by atoms with Gasteiger partial charge >= 0.3 is 0 Å². The van der Waals surface area contributed by atoms with E-state index in [-0.39, 0.29) is 23.0 Å². The SMILES string of the molecule is Oc1ccc(C2(c3ccc(O)c(O)c3)c3cc(Br)ccc3-c3ccc(Br)cc32)cc1O. The first-order chi connectivity index (χ1) is 14.8. The van der Waals surface area contributed by atoms with Gasteiger partial charge in [0, 0.05) is 8.95 Å². The molecule has 31 heavy (non-hydrogen) atoms. The number of hydrogen-bond acceptors (Lipinski definition) is 4. The monoisotopic (exact) mass is 538 g/mol. The summed E-state index contributed by atoms with van der Waals surface area (Å²) in [6, 6.07) is 21.6. The minimum Gasteiger partial charge on any atom is -0.504 e. The number of aromatic hydroxyl groups is 4. The van der Waals surface area contributed by atoms with Crippen molar-refractivity contribution in [3.63, 3.8) is 0 Å². The molecule has 4 aromatic rings. The van der Waals surface area contributed by atoms with E-state index >= 15 is 0 Å². The van der Waals surface area contributed by atoms with E-state index in [4.69, 9.17) is 0 Å². The van der Waals surface area contributed by atoms with Crippen LogP contribution in [0.15, 0.2) is 81.7 Å². The second-order valence-electron chi connectivity index (χ2n) is 7.54. The predicted octanol–water partition coefficient (Wildman–Crippen LogP) is 6.40. The highest BCUT2D eigenvalue weighted by molar-refractivity contribution is 9.10. The molecule has 4 nitrogen and oxygen atoms in total. The van der Waals surface area contributed by atoms with Crippen molar-refractivity contribution in [2.24, 2.45) is 0 Å². The molecule has 0 bridgehead atoms. The van der Waals surface area contributed by atoms with Gasteiger partial charge in [-0.25, -0.2) is 0 Å². The Labute approximate surface area is 195 Å². The smallest absolute Gasteiger partial charge is 0.157 e. The fourth-order valence-electron chi connectivity index (χ4n) is 4.57. The van der Waals surface area contributed by atoms with E-state index < -0.39 is 5.41 Å². The zero-order valence-electron chi connectivity index (χ0n) is 16.0. The Morgan fingerprint density at radius 2 is 0.903 bits per heavy atom. The molecule has 0 spiro atoms. The van der Waals surface area contributed by atoms with Crippen molar-refractivity contribution in [3.8, 4) is 34.1 Å². The molecule has 1 aliphatic carbocycles. The van der Waals surface area contributed by atoms with Crippen LogP contribution in [-0.4, -0.2) is 20.4 Å². The number of fused-ring (bicyclic) bond motifs is 3. The lowest BCUT2D eigenvalue weighted by Crippen LogP contribution is -2.28. The maximum absolute atomic E-state index is 10.4. The molecule has 6 heteroatoms. The third kappa shape index (κ3) is 2.86. The minimum absolute atomic E-state index is 0.214. The van der Waals surface area contributed by atoms with E-state index in [0.29, 0.717) is 11.1 Å². The third-order valence-electron chi connectivity index (χ3n) is 5.88. The summed E-state index contributed by atoms with van der Waals surface area (Å²) in [6.45, 7) is 0. The van der Waals surface area contributed by atoms with Crippen LogP contribution in [0.25, 0.3) is 11.1 Å². The number of rotatable bonds is 2. The first-order valence-corrected chi connectivity index (χ1v) is 11.1. The van der Waals surface area contributed by atoms with Crippen molar-refractivity contribution < 1.29 is 20.4 Å². The molecule has 0 saturated carbocycles. The Morgan fingerprint density at radius 1 is 0.484 bits per heavy atom. The zero-order valence-corrected chi connectivity index (χ0v) is 19.1. The van der Waals surface area contributed by atoms with E-state index in [1.165, 1.54) is 12.1 Å². The lowest BCUT2D eigenvalue weighted by Gasteiger charge is -2.34. The summed E-state index contributed by atoms with van der Waals surface area (Å²) in [5, 5.41) is 40.7. The van der Waals surface area contributed by atoms with Gasteiger partial charge in [-0.2, -0.15) is 0 Å². The van der Waals surface area contributed by atoms with Gasteiger partial charge in [0.1, 0.15) is 0 Å². The van der Waals surface area contributed by atoms with Crippen molar-refractivity contribution in [2.45, 2.75) is 5.41 Å². The third-order valence-corrected chi connectivity index (χ3v) is 6.86. The molecular weight excluding hydrogens is 524 g/mol. The van der Waals surface area contributed by atoms with Crippen molar-refractivity contribution in [2.75, 3.05) is 0 Å². The molecule has 0 aromatic heterocycles. The maximum Gasteiger partial charge on any atom is 0.157 e. The molecule has 0 atom stereocenters. The van der Waals surface area contributed by atoms with Gasteiger partial charge in [-0.05, 0) is 81.9 Å². The normalized spacial score (nSPS) is 13.6. The van der Waals surface area contributed by atoms with E-state index in [1.807, 2.05) is 36.4 Å². The van der Waals surface area contributed by atoms with E-state index in [0.717, 1.165) is 31.2 Å². The highest BCUT2D eigenvalue weighted by atomic mass is 79.9. The highest BCUT2D eigenvalue weighted by Crippen LogP contribution is 2.58. The fraction of sp³-hybridized carbons (Fsp3) is 0.0400. The summed E-state index contributed by atoms with van der Waals surface area (Å²) < 4.78 is 1.77. The molecule has 4 N–H and O–H groups in total. The molecular formula is C25H16Br2O4. The largest absolute Gasteiger partial charge is 0.504 e. The number of halogens is 2. The van der Waals surface area contributed by atoms with Crippen LogP contribution < -0.4 is 0 Å². The van der Waals surface area contributed by atoms with E-state index in [2.05, 4.69) is 31.9 Å². The lowest BCUT2D eigenvalue weighted by molar-refractivity contribution is 0.401. The summed E-state index contributed by atoms with van der Waals surface area (Å²) in [5.41, 5.74) is 4.45. The maximum atomic E-state index is 10.4. The van der Waals surface area contributed by atoms with Crippen LogP contribution in [0.5, 0.6) is 23.0 Å². The van der Waals surface area contributed by atoms with Crippen molar-refractivity contribution in [1.82, 2.24) is 0 Å².